The molecule has 6 heteroatoms. The summed E-state index contributed by atoms with van der Waals surface area (Å²) in [5.74, 6) is 0.447. The van der Waals surface area contributed by atoms with Gasteiger partial charge >= 0.3 is 0 Å². The summed E-state index contributed by atoms with van der Waals surface area (Å²) < 4.78 is 0. The standard InChI is InChI=1S/C29H46O6/c1-25-11-10-22(33)26(2,14-30)21(25)12-23(34)29(5)20(25)9-8-17-24-16(19(32)13-27(17,29)3)6-7-18(24)28(4,35)15-31/h16-18,20-21,23-24,30-31,34-35H,6-15H2,1-5H3/t16-,17?,18?,20+,21?,23-,24?,25+,26-,27+,28-,29-/m0/s1. The molecule has 0 saturated heterocycles. The number of carbonyl (C=O) groups excluding carboxylic acids is 2. The van der Waals surface area contributed by atoms with E-state index in [0.29, 0.717) is 19.3 Å². The molecule has 4 N–H and O–H groups in total. The number of rotatable bonds is 3. The summed E-state index contributed by atoms with van der Waals surface area (Å²) in [6.07, 6.45) is 4.85. The molecule has 35 heavy (non-hydrogen) atoms. The highest BCUT2D eigenvalue weighted by Gasteiger charge is 2.73. The molecule has 5 aliphatic carbocycles. The Morgan fingerprint density at radius 2 is 1.69 bits per heavy atom. The van der Waals surface area contributed by atoms with E-state index in [4.69, 9.17) is 0 Å². The maximum Gasteiger partial charge on any atom is 0.141 e. The Labute approximate surface area is 209 Å². The first-order valence-electron chi connectivity index (χ1n) is 13.9. The van der Waals surface area contributed by atoms with Crippen molar-refractivity contribution < 1.29 is 30.0 Å². The monoisotopic (exact) mass is 490 g/mol. The van der Waals surface area contributed by atoms with Crippen LogP contribution in [0, 0.1) is 57.2 Å². The van der Waals surface area contributed by atoms with Crippen molar-refractivity contribution in [1.29, 1.82) is 0 Å². The van der Waals surface area contributed by atoms with E-state index in [1.807, 2.05) is 6.92 Å². The minimum Gasteiger partial charge on any atom is -0.395 e. The van der Waals surface area contributed by atoms with Crippen LogP contribution in [0.1, 0.15) is 86.0 Å². The van der Waals surface area contributed by atoms with Gasteiger partial charge in [-0.2, -0.15) is 0 Å². The molecule has 0 aliphatic heterocycles. The Bertz CT molecular complexity index is 915. The van der Waals surface area contributed by atoms with E-state index in [0.717, 1.165) is 32.1 Å². The van der Waals surface area contributed by atoms with E-state index in [-0.39, 0.29) is 65.7 Å². The van der Waals surface area contributed by atoms with Gasteiger partial charge < -0.3 is 20.4 Å². The zero-order valence-corrected chi connectivity index (χ0v) is 22.2. The lowest BCUT2D eigenvalue weighted by atomic mass is 9.32. The van der Waals surface area contributed by atoms with E-state index in [1.54, 1.807) is 6.92 Å². The third-order valence-corrected chi connectivity index (χ3v) is 13.2. The summed E-state index contributed by atoms with van der Waals surface area (Å²) in [5, 5.41) is 43.4. The van der Waals surface area contributed by atoms with E-state index in [9.17, 15) is 30.0 Å². The number of Topliss-reactive ketones (excluding diaryl/α,β-unsaturated/α-hetero) is 2. The Balaban J connectivity index is 1.59. The van der Waals surface area contributed by atoms with Gasteiger partial charge in [-0.25, -0.2) is 0 Å². The van der Waals surface area contributed by atoms with Gasteiger partial charge in [0, 0.05) is 24.2 Å². The van der Waals surface area contributed by atoms with Gasteiger partial charge in [0.05, 0.1) is 30.3 Å². The van der Waals surface area contributed by atoms with Crippen molar-refractivity contribution in [2.45, 2.75) is 97.7 Å². The Kier molecular flexibility index (Phi) is 5.79. The molecular weight excluding hydrogens is 444 g/mol. The molecule has 5 saturated carbocycles. The van der Waals surface area contributed by atoms with E-state index in [2.05, 4.69) is 20.8 Å². The Morgan fingerprint density at radius 3 is 2.31 bits per heavy atom. The van der Waals surface area contributed by atoms with Gasteiger partial charge in [0.1, 0.15) is 11.6 Å². The maximum absolute atomic E-state index is 13.7. The smallest absolute Gasteiger partial charge is 0.141 e. The minimum absolute atomic E-state index is 0.0227. The summed E-state index contributed by atoms with van der Waals surface area (Å²) in [6, 6.07) is 0. The van der Waals surface area contributed by atoms with Crippen LogP contribution < -0.4 is 0 Å². The number of aliphatic hydroxyl groups excluding tert-OH is 3. The predicted molar refractivity (Wildman–Crippen MR) is 131 cm³/mol. The summed E-state index contributed by atoms with van der Waals surface area (Å²) in [4.78, 5) is 26.6. The molecule has 4 unspecified atom stereocenters. The molecule has 198 valence electrons. The molecule has 0 aromatic heterocycles. The lowest BCUT2D eigenvalue weighted by Gasteiger charge is -2.72. The number of ketones is 2. The molecule has 0 aromatic rings. The zero-order chi connectivity index (χ0) is 25.8. The molecule has 12 atom stereocenters. The van der Waals surface area contributed by atoms with Gasteiger partial charge in [-0.05, 0) is 85.9 Å². The second-order valence-electron chi connectivity index (χ2n) is 14.3. The fourth-order valence-corrected chi connectivity index (χ4v) is 11.0. The van der Waals surface area contributed by atoms with Crippen molar-refractivity contribution in [2.75, 3.05) is 13.2 Å². The molecule has 0 heterocycles. The van der Waals surface area contributed by atoms with Gasteiger partial charge in [0.2, 0.25) is 0 Å². The normalized spacial score (nSPS) is 55.4. The summed E-state index contributed by atoms with van der Waals surface area (Å²) >= 11 is 0. The molecular formula is C29H46O6. The van der Waals surface area contributed by atoms with Crippen LogP contribution in [0.5, 0.6) is 0 Å². The second-order valence-corrected chi connectivity index (χ2v) is 14.3. The number of aliphatic hydroxyl groups is 4. The van der Waals surface area contributed by atoms with Crippen LogP contribution in [-0.2, 0) is 9.59 Å². The summed E-state index contributed by atoms with van der Waals surface area (Å²) in [7, 11) is 0. The van der Waals surface area contributed by atoms with Crippen LogP contribution in [0.4, 0.5) is 0 Å². The largest absolute Gasteiger partial charge is 0.395 e. The molecule has 0 bridgehead atoms. The van der Waals surface area contributed by atoms with Crippen LogP contribution in [-0.4, -0.2) is 56.9 Å². The quantitative estimate of drug-likeness (QED) is 0.483. The van der Waals surface area contributed by atoms with Crippen molar-refractivity contribution in [3.8, 4) is 0 Å². The fraction of sp³-hybridized carbons (Fsp3) is 0.931. The average Bonchev–Trinajstić information content (AvgIpc) is 3.26. The van der Waals surface area contributed by atoms with Gasteiger partial charge in [-0.15, -0.1) is 0 Å². The molecule has 6 nitrogen and oxygen atoms in total. The van der Waals surface area contributed by atoms with Gasteiger partial charge in [0.25, 0.3) is 0 Å². The fourth-order valence-electron chi connectivity index (χ4n) is 11.0. The predicted octanol–water partition coefficient (Wildman–Crippen LogP) is 3.13. The molecule has 5 aliphatic rings. The highest BCUT2D eigenvalue weighted by molar-refractivity contribution is 5.86. The van der Waals surface area contributed by atoms with E-state index >= 15 is 0 Å². The number of hydrogen-bond donors (Lipinski definition) is 4. The first kappa shape index (κ1) is 25.8. The number of hydrogen-bond acceptors (Lipinski definition) is 6. The first-order valence-corrected chi connectivity index (χ1v) is 13.9. The number of fused-ring (bicyclic) bond motifs is 7. The zero-order valence-electron chi connectivity index (χ0n) is 22.2. The average molecular weight is 491 g/mol. The highest BCUT2D eigenvalue weighted by Crippen LogP contribution is 2.75. The molecule has 5 rings (SSSR count). The first-order chi connectivity index (χ1) is 16.2. The van der Waals surface area contributed by atoms with Crippen molar-refractivity contribution in [2.24, 2.45) is 57.2 Å². The lowest BCUT2D eigenvalue weighted by Crippen LogP contribution is -2.71. The minimum atomic E-state index is -1.22. The molecule has 5 fully saturated rings. The molecule has 0 aromatic carbocycles. The highest BCUT2D eigenvalue weighted by atomic mass is 16.3. The molecule has 0 spiro atoms. The van der Waals surface area contributed by atoms with Crippen LogP contribution >= 0.6 is 0 Å². The van der Waals surface area contributed by atoms with Crippen molar-refractivity contribution in [1.82, 2.24) is 0 Å². The maximum atomic E-state index is 13.7. The Hall–Kier alpha value is -0.820. The molecule has 0 amide bonds. The van der Waals surface area contributed by atoms with Crippen molar-refractivity contribution in [3.05, 3.63) is 0 Å². The van der Waals surface area contributed by atoms with Crippen LogP contribution in [0.2, 0.25) is 0 Å². The van der Waals surface area contributed by atoms with E-state index in [1.165, 1.54) is 0 Å². The summed E-state index contributed by atoms with van der Waals surface area (Å²) in [6.45, 7) is 9.78. The lowest BCUT2D eigenvalue weighted by molar-refractivity contribution is -0.267. The third kappa shape index (κ3) is 3.03. The van der Waals surface area contributed by atoms with E-state index < -0.39 is 27.9 Å². The van der Waals surface area contributed by atoms with Crippen molar-refractivity contribution >= 4 is 11.6 Å². The van der Waals surface area contributed by atoms with Gasteiger partial charge in [-0.1, -0.05) is 27.7 Å². The van der Waals surface area contributed by atoms with Crippen LogP contribution in [0.15, 0.2) is 0 Å². The topological polar surface area (TPSA) is 115 Å². The SMILES string of the molecule is C[C@@]12[C@@H](O)CC3[C@](C)(CCC(=O)[C@@]3(C)CO)[C@H]1CCC1C3C([C@@](C)(O)CO)CC[C@H]3C(=O)C[C@]12C. The van der Waals surface area contributed by atoms with Crippen LogP contribution in [0.3, 0.4) is 0 Å². The van der Waals surface area contributed by atoms with Gasteiger partial charge in [-0.3, -0.25) is 9.59 Å². The van der Waals surface area contributed by atoms with Gasteiger partial charge in [0.15, 0.2) is 0 Å². The van der Waals surface area contributed by atoms with Crippen molar-refractivity contribution in [3.63, 3.8) is 0 Å². The van der Waals surface area contributed by atoms with Crippen LogP contribution in [0.25, 0.3) is 0 Å². The third-order valence-electron chi connectivity index (χ3n) is 13.2. The Morgan fingerprint density at radius 1 is 1.00 bits per heavy atom. The molecule has 0 radical (unpaired) electrons. The number of carbonyl (C=O) groups is 2. The second kappa shape index (κ2) is 7.85. The summed E-state index contributed by atoms with van der Waals surface area (Å²) in [5.41, 5.74) is -3.18.